The van der Waals surface area contributed by atoms with Gasteiger partial charge in [-0.25, -0.2) is 4.98 Å². The Balaban J connectivity index is 1.38. The number of hydrogen-bond acceptors (Lipinski definition) is 7. The van der Waals surface area contributed by atoms with Gasteiger partial charge < -0.3 is 24.3 Å². The number of imidazole rings is 1. The van der Waals surface area contributed by atoms with Crippen molar-refractivity contribution in [3.63, 3.8) is 0 Å². The summed E-state index contributed by atoms with van der Waals surface area (Å²) in [7, 11) is 2.09. The number of carbonyl (C=O) groups excluding carboxylic acids is 1. The summed E-state index contributed by atoms with van der Waals surface area (Å²) in [4.78, 5) is 18.4. The van der Waals surface area contributed by atoms with Crippen molar-refractivity contribution in [3.05, 3.63) is 70.9 Å². The summed E-state index contributed by atoms with van der Waals surface area (Å²) >= 11 is 0.946. The van der Waals surface area contributed by atoms with Gasteiger partial charge >= 0.3 is 6.18 Å². The largest absolute Gasteiger partial charge is 0.544 e. The molecule has 1 aliphatic rings. The molecule has 5 rings (SSSR count). The number of piperidine rings is 1. The predicted octanol–water partition coefficient (Wildman–Crippen LogP) is 5.12. The van der Waals surface area contributed by atoms with Crippen LogP contribution in [0.4, 0.5) is 13.2 Å². The van der Waals surface area contributed by atoms with Gasteiger partial charge in [0.05, 0.1) is 34.1 Å². The summed E-state index contributed by atoms with van der Waals surface area (Å²) in [5.74, 6) is -1.34. The van der Waals surface area contributed by atoms with E-state index < -0.39 is 23.6 Å². The number of rotatable bonds is 8. The maximum atomic E-state index is 13.5. The molecule has 1 fully saturated rings. The van der Waals surface area contributed by atoms with Crippen molar-refractivity contribution in [2.24, 2.45) is 0 Å². The second-order valence-corrected chi connectivity index (χ2v) is 10.8. The zero-order valence-electron chi connectivity index (χ0n) is 21.4. The number of benzene rings is 2. The first-order valence-electron chi connectivity index (χ1n) is 12.6. The summed E-state index contributed by atoms with van der Waals surface area (Å²) in [6.45, 7) is 3.39. The first kappa shape index (κ1) is 27.0. The number of likely N-dealkylation sites (tertiary alicyclic amines) is 1. The number of hydrogen-bond donors (Lipinski definition) is 0. The van der Waals surface area contributed by atoms with Gasteiger partial charge in [-0.3, -0.25) is 4.57 Å². The Kier molecular flexibility index (Phi) is 7.55. The SMILES string of the molecule is C[C@@H](COc1cc(-n2cnc3ccc(OC4CCN(C)CC4)cc32)sc1C(=O)[O-])c1ccccc1C(F)(F)F. The first-order valence-corrected chi connectivity index (χ1v) is 13.4. The van der Waals surface area contributed by atoms with Gasteiger partial charge in [-0.05, 0) is 43.7 Å². The summed E-state index contributed by atoms with van der Waals surface area (Å²) in [5, 5.41) is 12.4. The number of carboxylic acids is 1. The Labute approximate surface area is 227 Å². The van der Waals surface area contributed by atoms with Crippen LogP contribution < -0.4 is 14.6 Å². The van der Waals surface area contributed by atoms with Gasteiger partial charge in [-0.15, -0.1) is 11.3 Å². The highest BCUT2D eigenvalue weighted by Crippen LogP contribution is 2.37. The smallest absolute Gasteiger partial charge is 0.416 e. The molecule has 2 aromatic carbocycles. The van der Waals surface area contributed by atoms with E-state index in [9.17, 15) is 23.1 Å². The number of aromatic nitrogens is 2. The Morgan fingerprint density at radius 3 is 2.64 bits per heavy atom. The van der Waals surface area contributed by atoms with E-state index in [1.165, 1.54) is 18.2 Å². The maximum Gasteiger partial charge on any atom is 0.416 e. The molecule has 0 aliphatic carbocycles. The molecule has 7 nitrogen and oxygen atoms in total. The Hall–Kier alpha value is -3.57. The molecule has 0 bridgehead atoms. The molecule has 1 aliphatic heterocycles. The molecule has 1 atom stereocenters. The van der Waals surface area contributed by atoms with Gasteiger partial charge in [-0.1, -0.05) is 25.1 Å². The van der Waals surface area contributed by atoms with E-state index >= 15 is 0 Å². The Bertz CT molecular complexity index is 1470. The third kappa shape index (κ3) is 5.89. The number of carbonyl (C=O) groups is 1. The molecule has 0 unspecified atom stereocenters. The van der Waals surface area contributed by atoms with E-state index in [-0.39, 0.29) is 28.9 Å². The monoisotopic (exact) mass is 558 g/mol. The van der Waals surface area contributed by atoms with E-state index in [2.05, 4.69) is 16.9 Å². The van der Waals surface area contributed by atoms with Crippen LogP contribution in [0.1, 0.15) is 46.5 Å². The number of fused-ring (bicyclic) bond motifs is 1. The van der Waals surface area contributed by atoms with Crippen LogP contribution in [0, 0.1) is 0 Å². The van der Waals surface area contributed by atoms with Crippen LogP contribution in [0.25, 0.3) is 16.0 Å². The summed E-state index contributed by atoms with van der Waals surface area (Å²) in [6.07, 6.45) is -0.943. The molecule has 4 aromatic rings. The van der Waals surface area contributed by atoms with Gasteiger partial charge in [-0.2, -0.15) is 13.2 Å². The second-order valence-electron chi connectivity index (χ2n) is 9.75. The van der Waals surface area contributed by atoms with E-state index in [0.717, 1.165) is 48.9 Å². The molecular formula is C28H27F3N3O4S-. The third-order valence-electron chi connectivity index (χ3n) is 6.88. The van der Waals surface area contributed by atoms with Crippen molar-refractivity contribution in [3.8, 4) is 16.5 Å². The average Bonchev–Trinajstić information content (AvgIpc) is 3.52. The van der Waals surface area contributed by atoms with Gasteiger partial charge in [0.2, 0.25) is 0 Å². The fraction of sp³-hybridized carbons (Fsp3) is 0.357. The lowest BCUT2D eigenvalue weighted by molar-refractivity contribution is -0.254. The van der Waals surface area contributed by atoms with Crippen LogP contribution in [0.5, 0.6) is 11.5 Å². The minimum absolute atomic E-state index is 0.0342. The highest BCUT2D eigenvalue weighted by Gasteiger charge is 2.34. The molecule has 0 radical (unpaired) electrons. The highest BCUT2D eigenvalue weighted by molar-refractivity contribution is 7.16. The number of aromatic carboxylic acids is 1. The third-order valence-corrected chi connectivity index (χ3v) is 7.98. The number of ether oxygens (including phenoxy) is 2. The van der Waals surface area contributed by atoms with Crippen molar-refractivity contribution in [1.29, 1.82) is 0 Å². The number of halogens is 3. The fourth-order valence-electron chi connectivity index (χ4n) is 4.75. The van der Waals surface area contributed by atoms with Crippen molar-refractivity contribution in [2.75, 3.05) is 26.7 Å². The van der Waals surface area contributed by atoms with Crippen LogP contribution in [0.3, 0.4) is 0 Å². The average molecular weight is 559 g/mol. The summed E-state index contributed by atoms with van der Waals surface area (Å²) < 4.78 is 54.1. The second kappa shape index (κ2) is 10.9. The van der Waals surface area contributed by atoms with Crippen molar-refractivity contribution < 1.29 is 32.5 Å². The number of thiophene rings is 1. The van der Waals surface area contributed by atoms with Gasteiger partial charge in [0, 0.05) is 31.1 Å². The molecule has 0 saturated carbocycles. The van der Waals surface area contributed by atoms with Crippen LogP contribution >= 0.6 is 11.3 Å². The molecule has 39 heavy (non-hydrogen) atoms. The molecule has 1 saturated heterocycles. The topological polar surface area (TPSA) is 79.7 Å². The lowest BCUT2D eigenvalue weighted by Gasteiger charge is -2.29. The maximum absolute atomic E-state index is 13.5. The fourth-order valence-corrected chi connectivity index (χ4v) is 5.67. The van der Waals surface area contributed by atoms with Gasteiger partial charge in [0.15, 0.2) is 0 Å². The standard InChI is InChI=1S/C28H28F3N3O4S/c1-17(20-5-3-4-6-21(20)28(29,30)31)15-37-24-14-25(39-26(24)27(35)36)34-16-32-22-8-7-19(13-23(22)34)38-18-9-11-33(2)12-10-18/h3-8,13-14,16-18H,9-12,15H2,1-2H3,(H,35,36)/p-1/t17-/m0/s1. The Morgan fingerprint density at radius 1 is 1.18 bits per heavy atom. The van der Waals surface area contributed by atoms with Crippen molar-refractivity contribution in [2.45, 2.75) is 38.0 Å². The molecule has 206 valence electrons. The van der Waals surface area contributed by atoms with E-state index in [1.54, 1.807) is 23.9 Å². The molecule has 0 N–H and O–H groups in total. The summed E-state index contributed by atoms with van der Waals surface area (Å²) in [5.41, 5.74) is 0.767. The minimum atomic E-state index is -4.51. The number of alkyl halides is 3. The zero-order valence-corrected chi connectivity index (χ0v) is 22.2. The zero-order chi connectivity index (χ0) is 27.7. The van der Waals surface area contributed by atoms with E-state index in [4.69, 9.17) is 9.47 Å². The quantitative estimate of drug-likeness (QED) is 0.299. The van der Waals surface area contributed by atoms with E-state index in [1.807, 2.05) is 18.2 Å². The molecule has 0 spiro atoms. The lowest BCUT2D eigenvalue weighted by Crippen LogP contribution is -2.35. The summed E-state index contributed by atoms with van der Waals surface area (Å²) in [6, 6.07) is 12.4. The lowest BCUT2D eigenvalue weighted by atomic mass is 9.96. The number of carboxylic acid groups (broad SMARTS) is 1. The van der Waals surface area contributed by atoms with Crippen molar-refractivity contribution >= 4 is 28.3 Å². The highest BCUT2D eigenvalue weighted by atomic mass is 32.1. The van der Waals surface area contributed by atoms with Crippen LogP contribution in [0.15, 0.2) is 54.9 Å². The molecular weight excluding hydrogens is 531 g/mol. The minimum Gasteiger partial charge on any atom is -0.544 e. The van der Waals surface area contributed by atoms with Crippen LogP contribution in [-0.2, 0) is 6.18 Å². The van der Waals surface area contributed by atoms with Crippen LogP contribution in [0.2, 0.25) is 0 Å². The van der Waals surface area contributed by atoms with Gasteiger partial charge in [0.1, 0.15) is 28.9 Å². The van der Waals surface area contributed by atoms with Crippen LogP contribution in [-0.4, -0.2) is 53.3 Å². The molecule has 3 heterocycles. The molecule has 0 amide bonds. The first-order chi connectivity index (χ1) is 18.6. The molecule has 2 aromatic heterocycles. The van der Waals surface area contributed by atoms with E-state index in [0.29, 0.717) is 16.3 Å². The number of nitrogens with zero attached hydrogens (tertiary/aromatic N) is 3. The van der Waals surface area contributed by atoms with Gasteiger partial charge in [0.25, 0.3) is 0 Å². The normalized spacial score (nSPS) is 15.9. The molecule has 11 heteroatoms. The Morgan fingerprint density at radius 2 is 1.92 bits per heavy atom. The van der Waals surface area contributed by atoms with Crippen molar-refractivity contribution in [1.82, 2.24) is 14.5 Å². The predicted molar refractivity (Wildman–Crippen MR) is 140 cm³/mol.